The number of carbonyl (C=O) groups excluding carboxylic acids is 1. The highest BCUT2D eigenvalue weighted by molar-refractivity contribution is 7.91. The summed E-state index contributed by atoms with van der Waals surface area (Å²) >= 11 is 5.95. The Balaban J connectivity index is 1.57. The molecule has 1 amide bonds. The third-order valence-electron chi connectivity index (χ3n) is 4.00. The van der Waals surface area contributed by atoms with Gasteiger partial charge in [0.1, 0.15) is 0 Å². The van der Waals surface area contributed by atoms with Crippen molar-refractivity contribution in [1.29, 1.82) is 0 Å². The van der Waals surface area contributed by atoms with Crippen LogP contribution >= 0.6 is 11.6 Å². The molecule has 1 aliphatic carbocycles. The van der Waals surface area contributed by atoms with Crippen molar-refractivity contribution in [2.75, 3.05) is 11.5 Å². The molecule has 1 aliphatic heterocycles. The van der Waals surface area contributed by atoms with Gasteiger partial charge in [-0.1, -0.05) is 23.7 Å². The topological polar surface area (TPSA) is 63.2 Å². The van der Waals surface area contributed by atoms with Crippen molar-refractivity contribution < 1.29 is 13.2 Å². The van der Waals surface area contributed by atoms with Gasteiger partial charge in [0.05, 0.1) is 17.4 Å². The zero-order valence-corrected chi connectivity index (χ0v) is 12.5. The lowest BCUT2D eigenvalue weighted by Gasteiger charge is -2.09. The highest BCUT2D eigenvalue weighted by Gasteiger charge is 2.42. The molecule has 0 aromatic heterocycles. The number of halogens is 1. The van der Waals surface area contributed by atoms with Crippen LogP contribution in [-0.4, -0.2) is 31.9 Å². The fraction of sp³-hybridized carbons (Fsp3) is 0.500. The first kappa shape index (κ1) is 13.9. The van der Waals surface area contributed by atoms with Crippen LogP contribution in [0.25, 0.3) is 0 Å². The van der Waals surface area contributed by atoms with Crippen LogP contribution in [-0.2, 0) is 14.6 Å². The van der Waals surface area contributed by atoms with Gasteiger partial charge in [-0.15, -0.1) is 0 Å². The summed E-state index contributed by atoms with van der Waals surface area (Å²) in [5.74, 6) is -0.0715. The van der Waals surface area contributed by atoms with E-state index >= 15 is 0 Å². The van der Waals surface area contributed by atoms with Crippen molar-refractivity contribution in [3.05, 3.63) is 34.9 Å². The monoisotopic (exact) mass is 313 g/mol. The molecule has 2 fully saturated rings. The van der Waals surface area contributed by atoms with Gasteiger partial charge >= 0.3 is 0 Å². The van der Waals surface area contributed by atoms with E-state index in [-0.39, 0.29) is 29.4 Å². The van der Waals surface area contributed by atoms with Crippen LogP contribution in [0.4, 0.5) is 0 Å². The molecular formula is C14H16ClNO3S. The molecule has 1 heterocycles. The number of sulfone groups is 1. The Morgan fingerprint density at radius 1 is 1.35 bits per heavy atom. The van der Waals surface area contributed by atoms with E-state index in [0.717, 1.165) is 12.0 Å². The highest BCUT2D eigenvalue weighted by Crippen LogP contribution is 2.41. The van der Waals surface area contributed by atoms with Crippen molar-refractivity contribution in [2.24, 2.45) is 5.92 Å². The molecule has 6 heteroatoms. The highest BCUT2D eigenvalue weighted by atomic mass is 35.5. The van der Waals surface area contributed by atoms with Crippen LogP contribution in [0.2, 0.25) is 5.02 Å². The Morgan fingerprint density at radius 3 is 2.80 bits per heavy atom. The summed E-state index contributed by atoms with van der Waals surface area (Å²) in [5.41, 5.74) is 1.13. The van der Waals surface area contributed by atoms with E-state index in [1.807, 2.05) is 24.3 Å². The number of amides is 1. The minimum atomic E-state index is -3.01. The van der Waals surface area contributed by atoms with Gasteiger partial charge in [-0.2, -0.15) is 0 Å². The molecule has 20 heavy (non-hydrogen) atoms. The van der Waals surface area contributed by atoms with Gasteiger partial charge in [0.2, 0.25) is 5.91 Å². The molecule has 1 aromatic rings. The number of benzene rings is 1. The molecule has 2 aliphatic rings. The molecule has 1 N–H and O–H groups in total. The Morgan fingerprint density at radius 2 is 2.15 bits per heavy atom. The summed E-state index contributed by atoms with van der Waals surface area (Å²) in [6.45, 7) is 0. The second-order valence-electron chi connectivity index (χ2n) is 5.61. The van der Waals surface area contributed by atoms with Gasteiger partial charge in [-0.05, 0) is 30.5 Å². The van der Waals surface area contributed by atoms with Gasteiger partial charge in [0, 0.05) is 17.0 Å². The van der Waals surface area contributed by atoms with Crippen LogP contribution in [0.15, 0.2) is 24.3 Å². The molecule has 0 radical (unpaired) electrons. The lowest BCUT2D eigenvalue weighted by atomic mass is 10.1. The van der Waals surface area contributed by atoms with E-state index < -0.39 is 9.84 Å². The minimum Gasteiger partial charge on any atom is -0.352 e. The van der Waals surface area contributed by atoms with Gasteiger partial charge < -0.3 is 5.32 Å². The van der Waals surface area contributed by atoms with Gasteiger partial charge in [-0.25, -0.2) is 8.42 Å². The lowest BCUT2D eigenvalue weighted by Crippen LogP contribution is -2.33. The molecule has 0 spiro atoms. The molecule has 1 aromatic carbocycles. The van der Waals surface area contributed by atoms with E-state index in [9.17, 15) is 13.2 Å². The molecule has 0 unspecified atom stereocenters. The van der Waals surface area contributed by atoms with E-state index in [0.29, 0.717) is 17.4 Å². The molecule has 1 saturated carbocycles. The maximum Gasteiger partial charge on any atom is 0.224 e. The summed E-state index contributed by atoms with van der Waals surface area (Å²) in [5, 5.41) is 3.65. The van der Waals surface area contributed by atoms with E-state index in [1.54, 1.807) is 0 Å². The third-order valence-corrected chi connectivity index (χ3v) is 6.00. The summed E-state index contributed by atoms with van der Waals surface area (Å²) in [6.07, 6.45) is 1.34. The number of hydrogen-bond donors (Lipinski definition) is 1. The van der Waals surface area contributed by atoms with Crippen molar-refractivity contribution in [1.82, 2.24) is 5.32 Å². The molecule has 108 valence electrons. The SMILES string of the molecule is O=C(N[C@@H]1C[C@@H]1c1cccc(Cl)c1)[C@@H]1CCS(=O)(=O)C1. The molecule has 0 bridgehead atoms. The minimum absolute atomic E-state index is 0.00656. The van der Waals surface area contributed by atoms with Crippen molar-refractivity contribution in [2.45, 2.75) is 24.8 Å². The van der Waals surface area contributed by atoms with Gasteiger partial charge in [-0.3, -0.25) is 4.79 Å². The third kappa shape index (κ3) is 2.99. The van der Waals surface area contributed by atoms with Crippen LogP contribution in [0.3, 0.4) is 0 Å². The predicted octanol–water partition coefficient (Wildman–Crippen LogP) is 1.75. The predicted molar refractivity (Wildman–Crippen MR) is 77.5 cm³/mol. The summed E-state index contributed by atoms with van der Waals surface area (Å²) in [4.78, 5) is 12.0. The largest absolute Gasteiger partial charge is 0.352 e. The number of rotatable bonds is 3. The summed E-state index contributed by atoms with van der Waals surface area (Å²) in [6, 6.07) is 7.76. The Hall–Kier alpha value is -1.07. The quantitative estimate of drug-likeness (QED) is 0.924. The normalized spacial score (nSPS) is 30.9. The van der Waals surface area contributed by atoms with Crippen molar-refractivity contribution >= 4 is 27.3 Å². The Bertz CT molecular complexity index is 644. The molecule has 4 nitrogen and oxygen atoms in total. The zero-order valence-electron chi connectivity index (χ0n) is 10.9. The van der Waals surface area contributed by atoms with Crippen molar-refractivity contribution in [3.8, 4) is 0 Å². The van der Waals surface area contributed by atoms with E-state index in [4.69, 9.17) is 11.6 Å². The number of carbonyl (C=O) groups is 1. The van der Waals surface area contributed by atoms with Crippen LogP contribution in [0.1, 0.15) is 24.3 Å². The Labute approximate surface area is 123 Å². The first-order valence-corrected chi connectivity index (χ1v) is 8.91. The first-order valence-electron chi connectivity index (χ1n) is 6.71. The van der Waals surface area contributed by atoms with Crippen LogP contribution in [0.5, 0.6) is 0 Å². The zero-order chi connectivity index (χ0) is 14.3. The first-order chi connectivity index (χ1) is 9.44. The lowest BCUT2D eigenvalue weighted by molar-refractivity contribution is -0.124. The summed E-state index contributed by atoms with van der Waals surface area (Å²) in [7, 11) is -3.01. The van der Waals surface area contributed by atoms with Gasteiger partial charge in [0.15, 0.2) is 9.84 Å². The standard InChI is InChI=1S/C14H16ClNO3S/c15-11-3-1-2-9(6-11)12-7-13(12)16-14(17)10-4-5-20(18,19)8-10/h1-3,6,10,12-13H,4-5,7-8H2,(H,16,17)/t10-,12-,13-/m1/s1. The fourth-order valence-corrected chi connectivity index (χ4v) is 4.70. The van der Waals surface area contributed by atoms with Crippen LogP contribution in [0, 0.1) is 5.92 Å². The number of nitrogens with one attached hydrogen (secondary N) is 1. The molecule has 1 saturated heterocycles. The van der Waals surface area contributed by atoms with E-state index in [1.165, 1.54) is 0 Å². The second-order valence-corrected chi connectivity index (χ2v) is 8.28. The summed E-state index contributed by atoms with van der Waals surface area (Å²) < 4.78 is 22.8. The maximum atomic E-state index is 12.0. The molecular weight excluding hydrogens is 298 g/mol. The fourth-order valence-electron chi connectivity index (χ4n) is 2.76. The molecule has 3 rings (SSSR count). The second kappa shape index (κ2) is 5.04. The van der Waals surface area contributed by atoms with Crippen molar-refractivity contribution in [3.63, 3.8) is 0 Å². The van der Waals surface area contributed by atoms with Gasteiger partial charge in [0.25, 0.3) is 0 Å². The Kier molecular flexibility index (Phi) is 3.50. The van der Waals surface area contributed by atoms with E-state index in [2.05, 4.69) is 5.32 Å². The average Bonchev–Trinajstić information content (AvgIpc) is 3.04. The molecule has 3 atom stereocenters. The van der Waals surface area contributed by atoms with Crippen LogP contribution < -0.4 is 5.32 Å². The number of hydrogen-bond acceptors (Lipinski definition) is 3. The average molecular weight is 314 g/mol. The maximum absolute atomic E-state index is 12.0. The smallest absolute Gasteiger partial charge is 0.224 e.